The molecule has 1 heterocycles. The van der Waals surface area contributed by atoms with Crippen LogP contribution in [0.3, 0.4) is 0 Å². The van der Waals surface area contributed by atoms with E-state index in [0.29, 0.717) is 18.7 Å². The van der Waals surface area contributed by atoms with Crippen molar-refractivity contribution in [3.8, 4) is 0 Å². The minimum Gasteiger partial charge on any atom is -0.454 e. The molecule has 1 N–H and O–H groups in total. The first-order valence-corrected chi connectivity index (χ1v) is 11.9. The van der Waals surface area contributed by atoms with Gasteiger partial charge in [0, 0.05) is 12.2 Å². The maximum atomic E-state index is 13.0. The Hall–Kier alpha value is -4.01. The van der Waals surface area contributed by atoms with Crippen LogP contribution in [0.1, 0.15) is 53.5 Å². The van der Waals surface area contributed by atoms with Crippen LogP contribution in [0.2, 0.25) is 0 Å². The Balaban J connectivity index is 1.65. The van der Waals surface area contributed by atoms with Crippen molar-refractivity contribution in [1.29, 1.82) is 0 Å². The largest absolute Gasteiger partial charge is 0.454 e. The Morgan fingerprint density at radius 1 is 0.972 bits per heavy atom. The number of imide groups is 1. The van der Waals surface area contributed by atoms with Crippen LogP contribution in [0.15, 0.2) is 48.5 Å². The highest BCUT2D eigenvalue weighted by Crippen LogP contribution is 2.27. The Morgan fingerprint density at radius 2 is 1.56 bits per heavy atom. The number of anilines is 1. The minimum absolute atomic E-state index is 0.204. The molecule has 0 fully saturated rings. The lowest BCUT2D eigenvalue weighted by Crippen LogP contribution is -2.49. The van der Waals surface area contributed by atoms with Crippen molar-refractivity contribution in [3.05, 3.63) is 65.2 Å². The number of carbonyl (C=O) groups excluding carboxylic acids is 5. The summed E-state index contributed by atoms with van der Waals surface area (Å²) in [6, 6.07) is 12.5. The molecule has 0 aliphatic carbocycles. The predicted molar refractivity (Wildman–Crippen MR) is 133 cm³/mol. The van der Waals surface area contributed by atoms with Gasteiger partial charge in [0.1, 0.15) is 6.04 Å². The van der Waals surface area contributed by atoms with Crippen LogP contribution in [-0.2, 0) is 19.1 Å². The number of hydrogen-bond donors (Lipinski definition) is 1. The number of fused-ring (bicyclic) bond motifs is 1. The third kappa shape index (κ3) is 5.79. The molecule has 9 heteroatoms. The van der Waals surface area contributed by atoms with E-state index in [2.05, 4.69) is 5.32 Å². The zero-order valence-corrected chi connectivity index (χ0v) is 20.9. The van der Waals surface area contributed by atoms with Gasteiger partial charge in [0.15, 0.2) is 6.61 Å². The van der Waals surface area contributed by atoms with Crippen LogP contribution < -0.4 is 5.32 Å². The van der Waals surface area contributed by atoms with Crippen LogP contribution >= 0.6 is 0 Å². The standard InChI is InChI=1S/C27H31N3O6/c1-5-14-29(15-22(31)28-21-13-9-6-10-18(21)4)23(32)16-36-27(35)24(17(2)3)30-25(33)19-11-7-8-12-20(19)26(30)34/h6-13,17,24H,5,14-16H2,1-4H3,(H,28,31). The Morgan fingerprint density at radius 3 is 2.11 bits per heavy atom. The molecule has 1 unspecified atom stereocenters. The Labute approximate surface area is 210 Å². The molecule has 0 saturated carbocycles. The van der Waals surface area contributed by atoms with Crippen LogP contribution in [0.5, 0.6) is 0 Å². The van der Waals surface area contributed by atoms with Gasteiger partial charge >= 0.3 is 5.97 Å². The number of carbonyl (C=O) groups is 5. The Kier molecular flexibility index (Phi) is 8.58. The minimum atomic E-state index is -1.19. The fourth-order valence-corrected chi connectivity index (χ4v) is 4.08. The molecule has 0 bridgehead atoms. The van der Waals surface area contributed by atoms with Gasteiger partial charge in [0.05, 0.1) is 17.7 Å². The van der Waals surface area contributed by atoms with Crippen molar-refractivity contribution in [2.75, 3.05) is 25.0 Å². The second-order valence-corrected chi connectivity index (χ2v) is 9.00. The molecule has 9 nitrogen and oxygen atoms in total. The average Bonchev–Trinajstić information content (AvgIpc) is 3.09. The van der Waals surface area contributed by atoms with Gasteiger partial charge in [-0.25, -0.2) is 4.79 Å². The SMILES string of the molecule is CCCN(CC(=O)Nc1ccccc1C)C(=O)COC(=O)C(C(C)C)N1C(=O)c2ccccc2C1=O. The van der Waals surface area contributed by atoms with E-state index in [1.807, 2.05) is 26.0 Å². The van der Waals surface area contributed by atoms with Crippen LogP contribution in [0.4, 0.5) is 5.69 Å². The number of esters is 1. The van der Waals surface area contributed by atoms with Crippen molar-refractivity contribution in [1.82, 2.24) is 9.80 Å². The van der Waals surface area contributed by atoms with Crippen molar-refractivity contribution in [3.63, 3.8) is 0 Å². The molecule has 2 aromatic rings. The normalized spacial score (nSPS) is 13.4. The van der Waals surface area contributed by atoms with Gasteiger partial charge in [0.25, 0.3) is 17.7 Å². The topological polar surface area (TPSA) is 113 Å². The van der Waals surface area contributed by atoms with Gasteiger partial charge in [-0.1, -0.05) is 51.1 Å². The molecule has 0 aromatic heterocycles. The molecule has 3 rings (SSSR count). The summed E-state index contributed by atoms with van der Waals surface area (Å²) in [5.74, 6) is -3.36. The highest BCUT2D eigenvalue weighted by Gasteiger charge is 2.44. The van der Waals surface area contributed by atoms with E-state index in [1.165, 1.54) is 17.0 Å². The molecule has 2 aromatic carbocycles. The van der Waals surface area contributed by atoms with Crippen LogP contribution in [0.25, 0.3) is 0 Å². The van der Waals surface area contributed by atoms with Crippen LogP contribution in [0, 0.1) is 12.8 Å². The lowest BCUT2D eigenvalue weighted by Gasteiger charge is -2.28. The summed E-state index contributed by atoms with van der Waals surface area (Å²) in [5.41, 5.74) is 2.00. The highest BCUT2D eigenvalue weighted by atomic mass is 16.5. The van der Waals surface area contributed by atoms with E-state index < -0.39 is 42.3 Å². The summed E-state index contributed by atoms with van der Waals surface area (Å²) >= 11 is 0. The number of nitrogens with zero attached hydrogens (tertiary/aromatic N) is 2. The lowest BCUT2D eigenvalue weighted by molar-refractivity contribution is -0.156. The summed E-state index contributed by atoms with van der Waals surface area (Å²) in [5, 5.41) is 2.79. The molecular formula is C27H31N3O6. The number of amides is 4. The summed E-state index contributed by atoms with van der Waals surface area (Å²) in [6.45, 7) is 6.59. The fraction of sp³-hybridized carbons (Fsp3) is 0.370. The molecule has 1 aliphatic rings. The molecule has 0 radical (unpaired) electrons. The van der Waals surface area contributed by atoms with E-state index in [-0.39, 0.29) is 23.6 Å². The molecule has 190 valence electrons. The summed E-state index contributed by atoms with van der Waals surface area (Å²) in [6.07, 6.45) is 0.598. The second-order valence-electron chi connectivity index (χ2n) is 9.00. The second kappa shape index (κ2) is 11.6. The number of ether oxygens (including phenoxy) is 1. The highest BCUT2D eigenvalue weighted by molar-refractivity contribution is 6.22. The molecule has 36 heavy (non-hydrogen) atoms. The zero-order valence-electron chi connectivity index (χ0n) is 20.9. The maximum absolute atomic E-state index is 13.0. The van der Waals surface area contributed by atoms with E-state index in [1.54, 1.807) is 38.1 Å². The van der Waals surface area contributed by atoms with Gasteiger partial charge in [-0.05, 0) is 43.0 Å². The number of nitrogens with one attached hydrogen (secondary N) is 1. The van der Waals surface area contributed by atoms with Crippen LogP contribution in [-0.4, -0.2) is 65.1 Å². The number of hydrogen-bond acceptors (Lipinski definition) is 6. The molecular weight excluding hydrogens is 462 g/mol. The van der Waals surface area contributed by atoms with Gasteiger partial charge < -0.3 is 15.0 Å². The molecule has 1 aliphatic heterocycles. The number of rotatable bonds is 10. The average molecular weight is 494 g/mol. The third-order valence-corrected chi connectivity index (χ3v) is 5.91. The number of aryl methyl sites for hydroxylation is 1. The molecule has 0 spiro atoms. The molecule has 0 saturated heterocycles. The number of para-hydroxylation sites is 1. The monoisotopic (exact) mass is 493 g/mol. The van der Waals surface area contributed by atoms with Gasteiger partial charge in [0.2, 0.25) is 5.91 Å². The summed E-state index contributed by atoms with van der Waals surface area (Å²) in [4.78, 5) is 66.3. The van der Waals surface area contributed by atoms with Crippen molar-refractivity contribution >= 4 is 35.3 Å². The van der Waals surface area contributed by atoms with E-state index in [0.717, 1.165) is 10.5 Å². The Bertz CT molecular complexity index is 1140. The maximum Gasteiger partial charge on any atom is 0.330 e. The summed E-state index contributed by atoms with van der Waals surface area (Å²) in [7, 11) is 0. The quantitative estimate of drug-likeness (QED) is 0.402. The van der Waals surface area contributed by atoms with Gasteiger partial charge in [-0.3, -0.25) is 24.1 Å². The molecule has 4 amide bonds. The molecule has 1 atom stereocenters. The lowest BCUT2D eigenvalue weighted by atomic mass is 10.0. The first kappa shape index (κ1) is 26.6. The van der Waals surface area contributed by atoms with Gasteiger partial charge in [-0.2, -0.15) is 0 Å². The smallest absolute Gasteiger partial charge is 0.330 e. The first-order chi connectivity index (χ1) is 17.1. The van der Waals surface area contributed by atoms with E-state index in [9.17, 15) is 24.0 Å². The van der Waals surface area contributed by atoms with Crippen molar-refractivity contribution in [2.45, 2.75) is 40.2 Å². The van der Waals surface area contributed by atoms with Gasteiger partial charge in [-0.15, -0.1) is 0 Å². The van der Waals surface area contributed by atoms with E-state index in [4.69, 9.17) is 4.74 Å². The van der Waals surface area contributed by atoms with Crippen molar-refractivity contribution < 1.29 is 28.7 Å². The first-order valence-electron chi connectivity index (χ1n) is 11.9. The number of benzene rings is 2. The fourth-order valence-electron chi connectivity index (χ4n) is 4.08. The third-order valence-electron chi connectivity index (χ3n) is 5.91. The van der Waals surface area contributed by atoms with Crippen molar-refractivity contribution in [2.24, 2.45) is 5.92 Å². The predicted octanol–water partition coefficient (Wildman–Crippen LogP) is 3.04. The zero-order chi connectivity index (χ0) is 26.4. The summed E-state index contributed by atoms with van der Waals surface area (Å²) < 4.78 is 5.27. The van der Waals surface area contributed by atoms with E-state index >= 15 is 0 Å².